The largest absolute Gasteiger partial charge is 0.405 e. The number of hydrogen-bond donors (Lipinski definition) is 1. The standard InChI is InChI=1S/C19H23ClFN5O3/c20-14-3-1-4-15(21)13(14)11-25-6-8-26(9-7-25)12-17(27)22-19-24-23-18(29-19)16-5-2-10-28-16/h1,3-4,16H,2,5-12H2,(H,22,24,27)/t16-/m1/s1. The summed E-state index contributed by atoms with van der Waals surface area (Å²) in [7, 11) is 0. The van der Waals surface area contributed by atoms with Crippen LogP contribution < -0.4 is 5.32 Å². The fourth-order valence-electron chi connectivity index (χ4n) is 3.56. The Hall–Kier alpha value is -2.07. The number of nitrogens with zero attached hydrogens (tertiary/aromatic N) is 4. The van der Waals surface area contributed by atoms with Crippen molar-refractivity contribution in [3.8, 4) is 0 Å². The number of benzene rings is 1. The number of piperazine rings is 1. The molecule has 1 amide bonds. The summed E-state index contributed by atoms with van der Waals surface area (Å²) in [5, 5.41) is 10.9. The van der Waals surface area contributed by atoms with Crippen molar-refractivity contribution in [1.29, 1.82) is 0 Å². The van der Waals surface area contributed by atoms with E-state index in [-0.39, 0.29) is 30.4 Å². The summed E-state index contributed by atoms with van der Waals surface area (Å²) >= 11 is 6.11. The van der Waals surface area contributed by atoms with Crippen molar-refractivity contribution in [1.82, 2.24) is 20.0 Å². The van der Waals surface area contributed by atoms with Crippen LogP contribution in [-0.4, -0.2) is 65.2 Å². The zero-order chi connectivity index (χ0) is 20.2. The van der Waals surface area contributed by atoms with Gasteiger partial charge in [0.1, 0.15) is 11.9 Å². The second-order valence-electron chi connectivity index (χ2n) is 7.25. The molecule has 2 saturated heterocycles. The Labute approximate surface area is 173 Å². The van der Waals surface area contributed by atoms with Crippen molar-refractivity contribution in [2.45, 2.75) is 25.5 Å². The average molecular weight is 424 g/mol. The number of anilines is 1. The molecule has 29 heavy (non-hydrogen) atoms. The third-order valence-electron chi connectivity index (χ3n) is 5.17. The Balaban J connectivity index is 1.23. The predicted octanol–water partition coefficient (Wildman–Crippen LogP) is 2.47. The van der Waals surface area contributed by atoms with Gasteiger partial charge in [-0.25, -0.2) is 4.39 Å². The van der Waals surface area contributed by atoms with E-state index in [1.807, 2.05) is 4.90 Å². The average Bonchev–Trinajstić information content (AvgIpc) is 3.38. The highest BCUT2D eigenvalue weighted by atomic mass is 35.5. The Morgan fingerprint density at radius 3 is 2.76 bits per heavy atom. The van der Waals surface area contributed by atoms with Gasteiger partial charge in [0.15, 0.2) is 0 Å². The van der Waals surface area contributed by atoms with Crippen molar-refractivity contribution >= 4 is 23.5 Å². The Morgan fingerprint density at radius 2 is 2.03 bits per heavy atom. The van der Waals surface area contributed by atoms with Gasteiger partial charge >= 0.3 is 6.01 Å². The first kappa shape index (κ1) is 20.2. The molecular formula is C19H23ClFN5O3. The molecule has 3 heterocycles. The Kier molecular flexibility index (Phi) is 6.39. The molecule has 0 saturated carbocycles. The van der Waals surface area contributed by atoms with Crippen molar-refractivity contribution in [2.75, 3.05) is 44.6 Å². The molecule has 1 aromatic carbocycles. The van der Waals surface area contributed by atoms with Crippen LogP contribution in [0.3, 0.4) is 0 Å². The SMILES string of the molecule is O=C(CN1CCN(Cc2c(F)cccc2Cl)CC1)Nc1nnc([C@H]2CCCO2)o1. The highest BCUT2D eigenvalue weighted by molar-refractivity contribution is 6.31. The molecule has 10 heteroatoms. The van der Waals surface area contributed by atoms with Crippen LogP contribution in [0.4, 0.5) is 10.4 Å². The highest BCUT2D eigenvalue weighted by Crippen LogP contribution is 2.28. The van der Waals surface area contributed by atoms with Gasteiger partial charge in [0.2, 0.25) is 11.8 Å². The summed E-state index contributed by atoms with van der Waals surface area (Å²) in [5.41, 5.74) is 0.513. The van der Waals surface area contributed by atoms with Crippen LogP contribution >= 0.6 is 11.6 Å². The van der Waals surface area contributed by atoms with E-state index in [0.29, 0.717) is 42.7 Å². The number of nitrogens with one attached hydrogen (secondary N) is 1. The number of halogens is 2. The van der Waals surface area contributed by atoms with Gasteiger partial charge in [-0.2, -0.15) is 0 Å². The van der Waals surface area contributed by atoms with Crippen LogP contribution in [-0.2, 0) is 16.1 Å². The van der Waals surface area contributed by atoms with Crippen molar-refractivity contribution < 1.29 is 18.3 Å². The fourth-order valence-corrected chi connectivity index (χ4v) is 3.78. The second kappa shape index (κ2) is 9.17. The molecule has 156 valence electrons. The van der Waals surface area contributed by atoms with Gasteiger partial charge in [0.25, 0.3) is 0 Å². The maximum absolute atomic E-state index is 14.0. The van der Waals surface area contributed by atoms with Crippen molar-refractivity contribution in [3.63, 3.8) is 0 Å². The van der Waals surface area contributed by atoms with Gasteiger partial charge in [-0.15, -0.1) is 5.10 Å². The maximum Gasteiger partial charge on any atom is 0.322 e. The number of rotatable bonds is 6. The first-order valence-electron chi connectivity index (χ1n) is 9.71. The van der Waals surface area contributed by atoms with Gasteiger partial charge in [-0.1, -0.05) is 22.8 Å². The third-order valence-corrected chi connectivity index (χ3v) is 5.52. The molecule has 1 atom stereocenters. The molecule has 8 nitrogen and oxygen atoms in total. The summed E-state index contributed by atoms with van der Waals surface area (Å²) in [5.74, 6) is -0.0994. The third kappa shape index (κ3) is 5.11. The van der Waals surface area contributed by atoms with Crippen LogP contribution in [0.15, 0.2) is 22.6 Å². The summed E-state index contributed by atoms with van der Waals surface area (Å²) in [6.45, 7) is 4.22. The Morgan fingerprint density at radius 1 is 1.24 bits per heavy atom. The molecule has 2 fully saturated rings. The van der Waals surface area contributed by atoms with E-state index >= 15 is 0 Å². The second-order valence-corrected chi connectivity index (χ2v) is 7.65. The Bertz CT molecular complexity index is 830. The normalized spacial score (nSPS) is 20.8. The summed E-state index contributed by atoms with van der Waals surface area (Å²) in [6, 6.07) is 4.81. The first-order chi connectivity index (χ1) is 14.1. The zero-order valence-corrected chi connectivity index (χ0v) is 16.7. The summed E-state index contributed by atoms with van der Waals surface area (Å²) in [4.78, 5) is 16.4. The summed E-state index contributed by atoms with van der Waals surface area (Å²) < 4.78 is 24.9. The number of amides is 1. The van der Waals surface area contributed by atoms with E-state index in [0.717, 1.165) is 25.9 Å². The highest BCUT2D eigenvalue weighted by Gasteiger charge is 2.25. The smallest absolute Gasteiger partial charge is 0.322 e. The van der Waals surface area contributed by atoms with Gasteiger partial charge in [-0.05, 0) is 25.0 Å². The van der Waals surface area contributed by atoms with E-state index in [1.165, 1.54) is 6.07 Å². The minimum atomic E-state index is -0.291. The lowest BCUT2D eigenvalue weighted by molar-refractivity contribution is -0.117. The predicted molar refractivity (Wildman–Crippen MR) is 104 cm³/mol. The quantitative estimate of drug-likeness (QED) is 0.764. The van der Waals surface area contributed by atoms with Gasteiger partial charge in [0, 0.05) is 49.9 Å². The van der Waals surface area contributed by atoms with Crippen LogP contribution in [0.25, 0.3) is 0 Å². The molecular weight excluding hydrogens is 401 g/mol. The number of hydrogen-bond acceptors (Lipinski definition) is 7. The number of carbonyl (C=O) groups is 1. The topological polar surface area (TPSA) is 83.7 Å². The van der Waals surface area contributed by atoms with Crippen LogP contribution in [0.1, 0.15) is 30.4 Å². The first-order valence-corrected chi connectivity index (χ1v) is 10.1. The van der Waals surface area contributed by atoms with Crippen LogP contribution in [0.5, 0.6) is 0 Å². The lowest BCUT2D eigenvalue weighted by Gasteiger charge is -2.34. The molecule has 2 aromatic rings. The molecule has 1 aromatic heterocycles. The van der Waals surface area contributed by atoms with Crippen LogP contribution in [0.2, 0.25) is 5.02 Å². The van der Waals surface area contributed by atoms with Crippen molar-refractivity contribution in [3.05, 3.63) is 40.5 Å². The molecule has 4 rings (SSSR count). The molecule has 0 unspecified atom stereocenters. The fraction of sp³-hybridized carbons (Fsp3) is 0.526. The molecule has 0 bridgehead atoms. The van der Waals surface area contributed by atoms with Crippen molar-refractivity contribution in [2.24, 2.45) is 0 Å². The van der Waals surface area contributed by atoms with E-state index in [1.54, 1.807) is 12.1 Å². The van der Waals surface area contributed by atoms with Gasteiger partial charge in [-0.3, -0.25) is 19.9 Å². The molecule has 1 N–H and O–H groups in total. The van der Waals surface area contributed by atoms with E-state index in [9.17, 15) is 9.18 Å². The lowest BCUT2D eigenvalue weighted by Crippen LogP contribution is -2.48. The van der Waals surface area contributed by atoms with Gasteiger partial charge in [0.05, 0.1) is 6.54 Å². The molecule has 2 aliphatic heterocycles. The lowest BCUT2D eigenvalue weighted by atomic mass is 10.2. The molecule has 0 radical (unpaired) electrons. The maximum atomic E-state index is 14.0. The number of aromatic nitrogens is 2. The zero-order valence-electron chi connectivity index (χ0n) is 15.9. The van der Waals surface area contributed by atoms with E-state index in [2.05, 4.69) is 20.4 Å². The van der Waals surface area contributed by atoms with E-state index < -0.39 is 0 Å². The number of carbonyl (C=O) groups excluding carboxylic acids is 1. The number of ether oxygens (including phenoxy) is 1. The minimum Gasteiger partial charge on any atom is -0.405 e. The van der Waals surface area contributed by atoms with Crippen LogP contribution in [0, 0.1) is 5.82 Å². The molecule has 0 aliphatic carbocycles. The van der Waals surface area contributed by atoms with E-state index in [4.69, 9.17) is 20.8 Å². The van der Waals surface area contributed by atoms with Gasteiger partial charge < -0.3 is 9.15 Å². The summed E-state index contributed by atoms with van der Waals surface area (Å²) in [6.07, 6.45) is 1.63. The molecule has 2 aliphatic rings. The monoisotopic (exact) mass is 423 g/mol. The molecule has 0 spiro atoms. The minimum absolute atomic E-state index is 0.0910.